The molecule has 2 aromatic heterocycles. The summed E-state index contributed by atoms with van der Waals surface area (Å²) in [5.41, 5.74) is 5.46. The number of aryl methyl sites for hydroxylation is 3. The first-order chi connectivity index (χ1) is 15.0. The van der Waals surface area contributed by atoms with Crippen LogP contribution in [0.2, 0.25) is 0 Å². The number of benzene rings is 2. The molecule has 7 heteroatoms. The molecular weight excluding hydrogens is 410 g/mol. The first kappa shape index (κ1) is 20.8. The van der Waals surface area contributed by atoms with Crippen LogP contribution in [0, 0.1) is 20.8 Å². The maximum atomic E-state index is 12.4. The van der Waals surface area contributed by atoms with Crippen molar-refractivity contribution in [3.63, 3.8) is 0 Å². The van der Waals surface area contributed by atoms with E-state index in [4.69, 9.17) is 9.26 Å². The van der Waals surface area contributed by atoms with Crippen molar-refractivity contribution in [3.05, 3.63) is 81.5 Å². The van der Waals surface area contributed by atoms with Crippen LogP contribution in [0.25, 0.3) is 11.3 Å². The Balaban J connectivity index is 1.30. The molecule has 4 rings (SSSR count). The van der Waals surface area contributed by atoms with Gasteiger partial charge in [-0.25, -0.2) is 4.98 Å². The molecule has 6 nitrogen and oxygen atoms in total. The number of carbonyl (C=O) groups excluding carboxylic acids is 1. The second-order valence-electron chi connectivity index (χ2n) is 7.29. The van der Waals surface area contributed by atoms with Crippen molar-refractivity contribution in [3.8, 4) is 17.0 Å². The zero-order valence-corrected chi connectivity index (χ0v) is 18.5. The number of nitrogens with zero attached hydrogens (tertiary/aromatic N) is 2. The molecule has 2 aromatic carbocycles. The maximum Gasteiger partial charge on any atom is 0.228 e. The van der Waals surface area contributed by atoms with Crippen LogP contribution < -0.4 is 10.1 Å². The molecular formula is C24H23N3O3S. The van der Waals surface area contributed by atoms with Gasteiger partial charge < -0.3 is 14.6 Å². The average molecular weight is 434 g/mol. The Labute approximate surface area is 184 Å². The largest absolute Gasteiger partial charge is 0.489 e. The molecule has 0 saturated heterocycles. The summed E-state index contributed by atoms with van der Waals surface area (Å²) < 4.78 is 11.0. The number of ether oxygens (including phenoxy) is 1. The molecule has 0 aliphatic carbocycles. The van der Waals surface area contributed by atoms with Crippen LogP contribution in [0.15, 0.2) is 58.4 Å². The van der Waals surface area contributed by atoms with E-state index in [9.17, 15) is 4.79 Å². The van der Waals surface area contributed by atoms with Crippen molar-refractivity contribution < 1.29 is 14.1 Å². The Morgan fingerprint density at radius 3 is 2.42 bits per heavy atom. The molecule has 0 bridgehead atoms. The summed E-state index contributed by atoms with van der Waals surface area (Å²) in [7, 11) is 0. The fourth-order valence-electron chi connectivity index (χ4n) is 3.18. The Hall–Kier alpha value is -3.45. The first-order valence-corrected chi connectivity index (χ1v) is 10.8. The predicted octanol–water partition coefficient (Wildman–Crippen LogP) is 5.48. The third-order valence-electron chi connectivity index (χ3n) is 4.94. The van der Waals surface area contributed by atoms with Crippen molar-refractivity contribution in [2.75, 3.05) is 5.32 Å². The van der Waals surface area contributed by atoms with Crippen LogP contribution in [-0.2, 0) is 17.8 Å². The minimum atomic E-state index is -0.0679. The number of amides is 1. The molecule has 1 N–H and O–H groups in total. The number of anilines is 1. The Morgan fingerprint density at radius 1 is 1.06 bits per heavy atom. The molecule has 0 unspecified atom stereocenters. The van der Waals surface area contributed by atoms with Gasteiger partial charge in [0, 0.05) is 16.6 Å². The summed E-state index contributed by atoms with van der Waals surface area (Å²) in [6.45, 7) is 6.15. The molecule has 0 radical (unpaired) electrons. The van der Waals surface area contributed by atoms with Gasteiger partial charge in [0.05, 0.1) is 28.4 Å². The zero-order valence-electron chi connectivity index (χ0n) is 17.6. The summed E-state index contributed by atoms with van der Waals surface area (Å²) in [5.74, 6) is 1.43. The van der Waals surface area contributed by atoms with Crippen LogP contribution in [0.4, 0.5) is 5.69 Å². The normalized spacial score (nSPS) is 10.8. The van der Waals surface area contributed by atoms with E-state index in [-0.39, 0.29) is 12.3 Å². The fraction of sp³-hybridized carbons (Fsp3) is 0.208. The summed E-state index contributed by atoms with van der Waals surface area (Å²) >= 11 is 1.62. The van der Waals surface area contributed by atoms with Crippen LogP contribution in [0.3, 0.4) is 0 Å². The van der Waals surface area contributed by atoms with Gasteiger partial charge in [-0.1, -0.05) is 29.4 Å². The highest BCUT2D eigenvalue weighted by Gasteiger charge is 2.10. The van der Waals surface area contributed by atoms with Gasteiger partial charge >= 0.3 is 0 Å². The van der Waals surface area contributed by atoms with E-state index in [1.165, 1.54) is 0 Å². The lowest BCUT2D eigenvalue weighted by Crippen LogP contribution is -2.14. The molecule has 0 fully saturated rings. The van der Waals surface area contributed by atoms with Gasteiger partial charge in [0.15, 0.2) is 0 Å². The standard InChI is InChI=1S/C24H23N3O3S/c1-15-22(16(2)30-27-15)13-29-21-10-4-18(5-11-21)12-24(28)26-20-8-6-19(7-9-20)23-14-31-17(3)25-23/h4-11,14H,12-13H2,1-3H3,(H,26,28). The first-order valence-electron chi connectivity index (χ1n) is 9.94. The topological polar surface area (TPSA) is 77.2 Å². The number of thiazole rings is 1. The van der Waals surface area contributed by atoms with Crippen LogP contribution >= 0.6 is 11.3 Å². The molecule has 0 spiro atoms. The molecule has 0 saturated carbocycles. The molecule has 0 aliphatic heterocycles. The van der Waals surface area contributed by atoms with Gasteiger partial charge in [-0.3, -0.25) is 4.79 Å². The van der Waals surface area contributed by atoms with Gasteiger partial charge in [0.1, 0.15) is 18.1 Å². The molecule has 1 amide bonds. The average Bonchev–Trinajstić information content (AvgIpc) is 3.33. The van der Waals surface area contributed by atoms with Crippen LogP contribution in [0.5, 0.6) is 5.75 Å². The van der Waals surface area contributed by atoms with E-state index >= 15 is 0 Å². The minimum absolute atomic E-state index is 0.0679. The minimum Gasteiger partial charge on any atom is -0.489 e. The maximum absolute atomic E-state index is 12.4. The van der Waals surface area contributed by atoms with Gasteiger partial charge in [-0.05, 0) is 50.6 Å². The second kappa shape index (κ2) is 9.14. The Morgan fingerprint density at radius 2 is 1.81 bits per heavy atom. The highest BCUT2D eigenvalue weighted by atomic mass is 32.1. The number of hydrogen-bond donors (Lipinski definition) is 1. The van der Waals surface area contributed by atoms with E-state index in [1.54, 1.807) is 11.3 Å². The summed E-state index contributed by atoms with van der Waals surface area (Å²) in [4.78, 5) is 16.9. The Bertz CT molecular complexity index is 1160. The van der Waals surface area contributed by atoms with E-state index in [1.807, 2.05) is 74.7 Å². The van der Waals surface area contributed by atoms with Crippen LogP contribution in [0.1, 0.15) is 27.6 Å². The number of aromatic nitrogens is 2. The lowest BCUT2D eigenvalue weighted by Gasteiger charge is -2.08. The van der Waals surface area contributed by atoms with Gasteiger partial charge in [-0.2, -0.15) is 0 Å². The number of rotatable bonds is 7. The van der Waals surface area contributed by atoms with Crippen molar-refractivity contribution in [1.82, 2.24) is 10.1 Å². The van der Waals surface area contributed by atoms with Crippen molar-refractivity contribution >= 4 is 22.9 Å². The molecule has 4 aromatic rings. The van der Waals surface area contributed by atoms with Gasteiger partial charge in [0.2, 0.25) is 5.91 Å². The zero-order chi connectivity index (χ0) is 21.8. The van der Waals surface area contributed by atoms with Crippen LogP contribution in [-0.4, -0.2) is 16.0 Å². The van der Waals surface area contributed by atoms with Gasteiger partial charge in [-0.15, -0.1) is 11.3 Å². The van der Waals surface area contributed by atoms with E-state index in [0.717, 1.165) is 50.3 Å². The fourth-order valence-corrected chi connectivity index (χ4v) is 3.80. The number of hydrogen-bond acceptors (Lipinski definition) is 6. The molecule has 2 heterocycles. The highest BCUT2D eigenvalue weighted by molar-refractivity contribution is 7.09. The van der Waals surface area contributed by atoms with Crippen molar-refractivity contribution in [2.45, 2.75) is 33.8 Å². The highest BCUT2D eigenvalue weighted by Crippen LogP contribution is 2.23. The van der Waals surface area contributed by atoms with Gasteiger partial charge in [0.25, 0.3) is 0 Å². The number of nitrogens with one attached hydrogen (secondary N) is 1. The quantitative estimate of drug-likeness (QED) is 0.417. The molecule has 158 valence electrons. The summed E-state index contributed by atoms with van der Waals surface area (Å²) in [6.07, 6.45) is 0.289. The molecule has 31 heavy (non-hydrogen) atoms. The smallest absolute Gasteiger partial charge is 0.228 e. The van der Waals surface area contributed by atoms with Crippen molar-refractivity contribution in [1.29, 1.82) is 0 Å². The summed E-state index contributed by atoms with van der Waals surface area (Å²) in [5, 5.41) is 9.94. The molecule has 0 atom stereocenters. The second-order valence-corrected chi connectivity index (χ2v) is 8.35. The lowest BCUT2D eigenvalue weighted by molar-refractivity contribution is -0.115. The third kappa shape index (κ3) is 5.19. The SMILES string of the molecule is Cc1nc(-c2ccc(NC(=O)Cc3ccc(OCc4c(C)noc4C)cc3)cc2)cs1. The van der Waals surface area contributed by atoms with Crippen molar-refractivity contribution in [2.24, 2.45) is 0 Å². The predicted molar refractivity (Wildman–Crippen MR) is 121 cm³/mol. The molecule has 0 aliphatic rings. The van der Waals surface area contributed by atoms with E-state index in [2.05, 4.69) is 15.5 Å². The van der Waals surface area contributed by atoms with E-state index in [0.29, 0.717) is 6.61 Å². The number of carbonyl (C=O) groups is 1. The third-order valence-corrected chi connectivity index (χ3v) is 5.71. The van der Waals surface area contributed by atoms with E-state index < -0.39 is 0 Å². The summed E-state index contributed by atoms with van der Waals surface area (Å²) in [6, 6.07) is 15.3. The monoisotopic (exact) mass is 433 g/mol. The lowest BCUT2D eigenvalue weighted by atomic mass is 10.1. The Kier molecular flexibility index (Phi) is 6.13.